The summed E-state index contributed by atoms with van der Waals surface area (Å²) in [6, 6.07) is 15.1. The second kappa shape index (κ2) is 7.47. The topological polar surface area (TPSA) is 71.4 Å². The van der Waals surface area contributed by atoms with E-state index in [1.54, 1.807) is 19.5 Å². The van der Waals surface area contributed by atoms with Gasteiger partial charge in [0.25, 0.3) is 0 Å². The highest BCUT2D eigenvalue weighted by atomic mass is 32.1. The number of anilines is 1. The van der Waals surface area contributed by atoms with E-state index in [9.17, 15) is 0 Å². The third kappa shape index (κ3) is 4.02. The lowest BCUT2D eigenvalue weighted by atomic mass is 10.3. The van der Waals surface area contributed by atoms with Gasteiger partial charge in [-0.3, -0.25) is 10.4 Å². The maximum atomic E-state index is 5.19. The van der Waals surface area contributed by atoms with Crippen molar-refractivity contribution in [3.8, 4) is 5.75 Å². The number of aromatic nitrogens is 2. The number of fused-ring (bicyclic) bond motifs is 1. The van der Waals surface area contributed by atoms with E-state index < -0.39 is 0 Å². The molecule has 0 radical (unpaired) electrons. The molecule has 1 aromatic heterocycles. The van der Waals surface area contributed by atoms with Gasteiger partial charge >= 0.3 is 0 Å². The van der Waals surface area contributed by atoms with Crippen molar-refractivity contribution in [1.29, 1.82) is 0 Å². The summed E-state index contributed by atoms with van der Waals surface area (Å²) in [4.78, 5) is 8.77. The van der Waals surface area contributed by atoms with Crippen molar-refractivity contribution < 1.29 is 4.74 Å². The van der Waals surface area contributed by atoms with Crippen LogP contribution in [0.25, 0.3) is 11.0 Å². The standard InChI is InChI=1S/C17H15N5OS/c1-23-14-8-6-12(7-9-14)21-17(24)22-19-11-13-10-18-15-4-2-3-5-16(15)20-13/h2-11H,1H3,(H2,21,22,24)/b19-11-. The molecule has 7 heteroatoms. The maximum Gasteiger partial charge on any atom is 0.191 e. The van der Waals surface area contributed by atoms with Crippen LogP contribution in [0.4, 0.5) is 5.69 Å². The molecule has 0 aliphatic carbocycles. The monoisotopic (exact) mass is 337 g/mol. The predicted molar refractivity (Wildman–Crippen MR) is 99.5 cm³/mol. The van der Waals surface area contributed by atoms with Gasteiger partial charge in [-0.05, 0) is 48.6 Å². The molecule has 1 heterocycles. The van der Waals surface area contributed by atoms with E-state index in [-0.39, 0.29) is 0 Å². The minimum atomic E-state index is 0.380. The lowest BCUT2D eigenvalue weighted by Crippen LogP contribution is -2.23. The van der Waals surface area contributed by atoms with Crippen LogP contribution in [0, 0.1) is 0 Å². The number of ether oxygens (including phenoxy) is 1. The zero-order chi connectivity index (χ0) is 16.8. The quantitative estimate of drug-likeness (QED) is 0.433. The van der Waals surface area contributed by atoms with Crippen molar-refractivity contribution in [3.63, 3.8) is 0 Å². The molecular weight excluding hydrogens is 322 g/mol. The van der Waals surface area contributed by atoms with E-state index in [0.29, 0.717) is 10.8 Å². The molecule has 6 nitrogen and oxygen atoms in total. The van der Waals surface area contributed by atoms with Gasteiger partial charge in [-0.1, -0.05) is 12.1 Å². The predicted octanol–water partition coefficient (Wildman–Crippen LogP) is 2.96. The Kier molecular flexibility index (Phi) is 4.93. The highest BCUT2D eigenvalue weighted by molar-refractivity contribution is 7.80. The fourth-order valence-electron chi connectivity index (χ4n) is 2.02. The first kappa shape index (κ1) is 15.8. The third-order valence-electron chi connectivity index (χ3n) is 3.18. The van der Waals surface area contributed by atoms with E-state index >= 15 is 0 Å². The van der Waals surface area contributed by atoms with Crippen LogP contribution in [0.3, 0.4) is 0 Å². The fraction of sp³-hybridized carbons (Fsp3) is 0.0588. The van der Waals surface area contributed by atoms with Crippen LogP contribution >= 0.6 is 12.2 Å². The van der Waals surface area contributed by atoms with Crippen LogP contribution in [0.5, 0.6) is 5.75 Å². The number of nitrogens with zero attached hydrogens (tertiary/aromatic N) is 3. The molecule has 3 aromatic rings. The highest BCUT2D eigenvalue weighted by Gasteiger charge is 1.98. The first-order valence-electron chi connectivity index (χ1n) is 7.20. The van der Waals surface area contributed by atoms with Crippen LogP contribution in [-0.4, -0.2) is 28.4 Å². The average Bonchev–Trinajstić information content (AvgIpc) is 2.62. The number of para-hydroxylation sites is 2. The molecule has 0 amide bonds. The van der Waals surface area contributed by atoms with E-state index in [0.717, 1.165) is 22.5 Å². The Balaban J connectivity index is 1.58. The number of hydrazone groups is 1. The van der Waals surface area contributed by atoms with Crippen molar-refractivity contribution in [2.24, 2.45) is 5.10 Å². The Labute approximate surface area is 144 Å². The lowest BCUT2D eigenvalue weighted by Gasteiger charge is -2.07. The fourth-order valence-corrected chi connectivity index (χ4v) is 2.19. The van der Waals surface area contributed by atoms with Crippen LogP contribution < -0.4 is 15.5 Å². The molecule has 24 heavy (non-hydrogen) atoms. The van der Waals surface area contributed by atoms with Gasteiger partial charge in [-0.25, -0.2) is 4.98 Å². The molecule has 0 unspecified atom stereocenters. The van der Waals surface area contributed by atoms with Crippen LogP contribution in [0.15, 0.2) is 59.8 Å². The summed E-state index contributed by atoms with van der Waals surface area (Å²) in [6.45, 7) is 0. The third-order valence-corrected chi connectivity index (χ3v) is 3.37. The van der Waals surface area contributed by atoms with E-state index in [4.69, 9.17) is 17.0 Å². The van der Waals surface area contributed by atoms with Gasteiger partial charge in [0.05, 0.1) is 30.6 Å². The Morgan fingerprint density at radius 1 is 1.12 bits per heavy atom. The van der Waals surface area contributed by atoms with Crippen molar-refractivity contribution in [1.82, 2.24) is 15.4 Å². The van der Waals surface area contributed by atoms with Gasteiger partial charge in [0.1, 0.15) is 11.4 Å². The van der Waals surface area contributed by atoms with E-state index in [1.165, 1.54) is 0 Å². The van der Waals surface area contributed by atoms with Crippen molar-refractivity contribution in [3.05, 3.63) is 60.4 Å². The molecule has 0 spiro atoms. The molecule has 0 bridgehead atoms. The van der Waals surface area contributed by atoms with Gasteiger partial charge in [-0.2, -0.15) is 5.10 Å². The number of hydrogen-bond donors (Lipinski definition) is 2. The molecule has 0 saturated heterocycles. The molecule has 0 aliphatic rings. The molecule has 3 rings (SSSR count). The number of methoxy groups -OCH3 is 1. The normalized spacial score (nSPS) is 10.7. The second-order valence-corrected chi connectivity index (χ2v) is 5.24. The number of rotatable bonds is 4. The maximum absolute atomic E-state index is 5.19. The van der Waals surface area contributed by atoms with Crippen LogP contribution in [0.1, 0.15) is 5.69 Å². The number of nitrogens with one attached hydrogen (secondary N) is 2. The van der Waals surface area contributed by atoms with Crippen molar-refractivity contribution >= 4 is 40.3 Å². The number of thiocarbonyl (C=S) groups is 1. The summed E-state index contributed by atoms with van der Waals surface area (Å²) in [5.41, 5.74) is 5.90. The molecule has 0 saturated carbocycles. The van der Waals surface area contributed by atoms with Crippen molar-refractivity contribution in [2.45, 2.75) is 0 Å². The summed E-state index contributed by atoms with van der Waals surface area (Å²) < 4.78 is 5.11. The molecule has 2 aromatic carbocycles. The largest absolute Gasteiger partial charge is 0.497 e. The minimum absolute atomic E-state index is 0.380. The number of benzene rings is 2. The Morgan fingerprint density at radius 2 is 1.88 bits per heavy atom. The molecule has 2 N–H and O–H groups in total. The van der Waals surface area contributed by atoms with Gasteiger partial charge in [-0.15, -0.1) is 0 Å². The Bertz CT molecular complexity index is 880. The van der Waals surface area contributed by atoms with Gasteiger partial charge in [0.15, 0.2) is 5.11 Å². The molecule has 0 atom stereocenters. The summed E-state index contributed by atoms with van der Waals surface area (Å²) in [5.74, 6) is 0.785. The molecule has 0 aliphatic heterocycles. The molecule has 0 fully saturated rings. The molecular formula is C17H15N5OS. The SMILES string of the molecule is COc1ccc(NC(=S)N/N=C\c2cnc3ccccc3n2)cc1. The average molecular weight is 337 g/mol. The minimum Gasteiger partial charge on any atom is -0.497 e. The van der Waals surface area contributed by atoms with Crippen LogP contribution in [0.2, 0.25) is 0 Å². The summed E-state index contributed by atoms with van der Waals surface area (Å²) in [6.07, 6.45) is 3.23. The van der Waals surface area contributed by atoms with Gasteiger partial charge in [0, 0.05) is 5.69 Å². The van der Waals surface area contributed by atoms with E-state index in [2.05, 4.69) is 25.8 Å². The molecule has 120 valence electrons. The highest BCUT2D eigenvalue weighted by Crippen LogP contribution is 2.14. The lowest BCUT2D eigenvalue weighted by molar-refractivity contribution is 0.415. The second-order valence-electron chi connectivity index (χ2n) is 4.84. The summed E-state index contributed by atoms with van der Waals surface area (Å²) in [5, 5.41) is 7.48. The van der Waals surface area contributed by atoms with Gasteiger partial charge < -0.3 is 10.1 Å². The number of hydrogen-bond acceptors (Lipinski definition) is 5. The van der Waals surface area contributed by atoms with E-state index in [1.807, 2.05) is 48.5 Å². The van der Waals surface area contributed by atoms with Gasteiger partial charge in [0.2, 0.25) is 0 Å². The zero-order valence-corrected chi connectivity index (χ0v) is 13.7. The Hall–Kier alpha value is -3.06. The smallest absolute Gasteiger partial charge is 0.191 e. The van der Waals surface area contributed by atoms with Crippen LogP contribution in [-0.2, 0) is 0 Å². The Morgan fingerprint density at radius 3 is 2.62 bits per heavy atom. The first-order valence-corrected chi connectivity index (χ1v) is 7.61. The van der Waals surface area contributed by atoms with Crippen molar-refractivity contribution in [2.75, 3.05) is 12.4 Å². The summed E-state index contributed by atoms with van der Waals surface area (Å²) in [7, 11) is 1.62. The summed E-state index contributed by atoms with van der Waals surface area (Å²) >= 11 is 5.19. The first-order chi connectivity index (χ1) is 11.7. The zero-order valence-electron chi connectivity index (χ0n) is 12.9.